The van der Waals surface area contributed by atoms with Crippen molar-refractivity contribution >= 4 is 5.97 Å². The highest BCUT2D eigenvalue weighted by atomic mass is 16.4. The number of carbonyl (C=O) groups is 1. The number of hydrogen-bond donors (Lipinski definition) is 2. The first-order valence-corrected chi connectivity index (χ1v) is 10.6. The molecule has 0 aliphatic heterocycles. The van der Waals surface area contributed by atoms with E-state index in [1.165, 1.54) is 5.56 Å². The average molecular weight is 443 g/mol. The van der Waals surface area contributed by atoms with Crippen LogP contribution in [-0.4, -0.2) is 11.4 Å². The molecule has 170 valence electrons. The van der Waals surface area contributed by atoms with E-state index in [0.29, 0.717) is 0 Å². The molecule has 0 radical (unpaired) electrons. The molecular weight excluding hydrogens is 412 g/mol. The van der Waals surface area contributed by atoms with Gasteiger partial charge in [0.25, 0.3) is 0 Å². The van der Waals surface area contributed by atoms with Crippen molar-refractivity contribution in [2.75, 3.05) is 0 Å². The standard InChI is InChI=1S/C14H16N2.C14H12O2.H2O/c15-13(11-7-3-1-4-8-11)14(16)12-9-5-2-6-10-12;15-14(16)10-11-6-8-13(9-7-11)12-4-2-1-3-5-12;/h1-10,13-14H,15-16H2;1-9H,10H2,(H,15,16);1H2/t13-,14-;;/m0../s1. The van der Waals surface area contributed by atoms with Crippen LogP contribution in [0.15, 0.2) is 115 Å². The molecule has 0 unspecified atom stereocenters. The summed E-state index contributed by atoms with van der Waals surface area (Å²) < 4.78 is 0. The van der Waals surface area contributed by atoms with Crippen LogP contribution in [0.25, 0.3) is 11.1 Å². The molecule has 5 nitrogen and oxygen atoms in total. The second kappa shape index (κ2) is 12.9. The van der Waals surface area contributed by atoms with Crippen molar-refractivity contribution in [2.45, 2.75) is 18.5 Å². The minimum absolute atomic E-state index is 0. The van der Waals surface area contributed by atoms with E-state index in [2.05, 4.69) is 17.9 Å². The van der Waals surface area contributed by atoms with Crippen LogP contribution in [0.2, 0.25) is 0 Å². The topological polar surface area (TPSA) is 125 Å². The highest BCUT2D eigenvalue weighted by Gasteiger charge is 2.19. The van der Waals surface area contributed by atoms with Crippen LogP contribution in [0, 0.1) is 0 Å². The Labute approximate surface area is 194 Å². The van der Waals surface area contributed by atoms with Gasteiger partial charge in [-0.1, -0.05) is 115 Å². The molecule has 2 atom stereocenters. The van der Waals surface area contributed by atoms with Crippen molar-refractivity contribution in [3.05, 3.63) is 132 Å². The second-order valence-corrected chi connectivity index (χ2v) is 7.57. The highest BCUT2D eigenvalue weighted by molar-refractivity contribution is 5.69. The molecule has 0 saturated carbocycles. The number of hydrogen-bond acceptors (Lipinski definition) is 3. The van der Waals surface area contributed by atoms with Gasteiger partial charge in [0.2, 0.25) is 0 Å². The van der Waals surface area contributed by atoms with Crippen molar-refractivity contribution in [2.24, 2.45) is 5.73 Å². The number of aliphatic carboxylic acids is 1. The molecule has 7 N–H and O–H groups in total. The Morgan fingerprint density at radius 3 is 1.61 bits per heavy atom. The third-order valence-electron chi connectivity index (χ3n) is 5.26. The Hall–Kier alpha value is -3.77. The molecule has 0 aromatic heterocycles. The van der Waals surface area contributed by atoms with Gasteiger partial charge in [0.15, 0.2) is 0 Å². The van der Waals surface area contributed by atoms with Crippen molar-refractivity contribution in [1.29, 1.82) is 0 Å². The first kappa shape index (κ1) is 25.5. The van der Waals surface area contributed by atoms with Gasteiger partial charge in [0, 0.05) is 18.0 Å². The van der Waals surface area contributed by atoms with Gasteiger partial charge in [-0.3, -0.25) is 0 Å². The number of carboxylic acids is 1. The van der Waals surface area contributed by atoms with Crippen LogP contribution in [0.4, 0.5) is 0 Å². The third kappa shape index (κ3) is 7.70. The van der Waals surface area contributed by atoms with Gasteiger partial charge >= 0.3 is 0 Å². The second-order valence-electron chi connectivity index (χ2n) is 7.57. The number of quaternary nitrogens is 1. The lowest BCUT2D eigenvalue weighted by Crippen LogP contribution is -2.57. The predicted octanol–water partition coefficient (Wildman–Crippen LogP) is 2.49. The fraction of sp³-hybridized carbons (Fsp3) is 0.107. The molecule has 33 heavy (non-hydrogen) atoms. The summed E-state index contributed by atoms with van der Waals surface area (Å²) in [7, 11) is 0. The molecule has 0 spiro atoms. The predicted molar refractivity (Wildman–Crippen MR) is 130 cm³/mol. The summed E-state index contributed by atoms with van der Waals surface area (Å²) in [5.74, 6) is -1.05. The molecule has 5 heteroatoms. The van der Waals surface area contributed by atoms with Gasteiger partial charge < -0.3 is 26.8 Å². The minimum Gasteiger partial charge on any atom is -0.550 e. The van der Waals surface area contributed by atoms with E-state index < -0.39 is 5.97 Å². The smallest absolute Gasteiger partial charge is 0.130 e. The van der Waals surface area contributed by atoms with Crippen LogP contribution < -0.4 is 16.6 Å². The number of carbonyl (C=O) groups excluding carboxylic acids is 1. The van der Waals surface area contributed by atoms with Crippen molar-refractivity contribution in [3.63, 3.8) is 0 Å². The molecule has 0 saturated heterocycles. The van der Waals surface area contributed by atoms with E-state index in [9.17, 15) is 9.90 Å². The Bertz CT molecular complexity index is 1040. The molecule has 4 rings (SSSR count). The molecule has 0 aliphatic carbocycles. The summed E-state index contributed by atoms with van der Waals surface area (Å²) in [6.07, 6.45) is -0.0327. The molecule has 4 aromatic carbocycles. The normalized spacial score (nSPS) is 11.8. The highest BCUT2D eigenvalue weighted by Crippen LogP contribution is 2.22. The SMILES string of the molecule is N[C@@H](c1ccccc1)[C@@H]([NH3+])c1ccccc1.O.O=C([O-])Cc1ccc(-c2ccccc2)cc1. The molecule has 0 fully saturated rings. The molecule has 4 aromatic rings. The minimum atomic E-state index is -1.05. The number of nitrogens with two attached hydrogens (primary N) is 1. The van der Waals surface area contributed by atoms with Gasteiger partial charge in [-0.05, 0) is 22.3 Å². The first-order chi connectivity index (χ1) is 15.5. The maximum absolute atomic E-state index is 10.4. The summed E-state index contributed by atoms with van der Waals surface area (Å²) in [6.45, 7) is 0. The van der Waals surface area contributed by atoms with Gasteiger partial charge in [0.05, 0.1) is 6.04 Å². The van der Waals surface area contributed by atoms with Crippen LogP contribution >= 0.6 is 0 Å². The first-order valence-electron chi connectivity index (χ1n) is 10.6. The van der Waals surface area contributed by atoms with Crippen LogP contribution in [0.3, 0.4) is 0 Å². The zero-order valence-electron chi connectivity index (χ0n) is 18.4. The van der Waals surface area contributed by atoms with E-state index in [-0.39, 0.29) is 24.0 Å². The zero-order valence-corrected chi connectivity index (χ0v) is 18.4. The number of rotatable bonds is 6. The molecular formula is C28H30N2O3. The summed E-state index contributed by atoms with van der Waals surface area (Å²) in [4.78, 5) is 10.4. The quantitative estimate of drug-likeness (QED) is 0.476. The van der Waals surface area contributed by atoms with Gasteiger partial charge in [-0.15, -0.1) is 0 Å². The maximum atomic E-state index is 10.4. The van der Waals surface area contributed by atoms with E-state index in [1.54, 1.807) is 0 Å². The summed E-state index contributed by atoms with van der Waals surface area (Å²) in [5, 5.41) is 10.4. The van der Waals surface area contributed by atoms with E-state index >= 15 is 0 Å². The van der Waals surface area contributed by atoms with Crippen LogP contribution in [-0.2, 0) is 11.2 Å². The summed E-state index contributed by atoms with van der Waals surface area (Å²) in [6, 6.07) is 37.8. The Balaban J connectivity index is 0.000000227. The maximum Gasteiger partial charge on any atom is 0.130 e. The van der Waals surface area contributed by atoms with Gasteiger partial charge in [0.1, 0.15) is 6.04 Å². The van der Waals surface area contributed by atoms with Crippen molar-refractivity contribution in [3.8, 4) is 11.1 Å². The average Bonchev–Trinajstić information content (AvgIpc) is 2.85. The summed E-state index contributed by atoms with van der Waals surface area (Å²) in [5.41, 5.74) is 15.7. The molecule has 0 amide bonds. The lowest BCUT2D eigenvalue weighted by molar-refractivity contribution is -0.432. The number of benzene rings is 4. The Kier molecular flexibility index (Phi) is 9.99. The largest absolute Gasteiger partial charge is 0.550 e. The fourth-order valence-electron chi connectivity index (χ4n) is 3.43. The number of carboxylic acid groups (broad SMARTS) is 1. The van der Waals surface area contributed by atoms with Gasteiger partial charge in [-0.25, -0.2) is 0 Å². The third-order valence-corrected chi connectivity index (χ3v) is 5.26. The van der Waals surface area contributed by atoms with Crippen LogP contribution in [0.5, 0.6) is 0 Å². The lowest BCUT2D eigenvalue weighted by atomic mass is 9.95. The molecule has 0 aliphatic rings. The van der Waals surface area contributed by atoms with Crippen molar-refractivity contribution in [1.82, 2.24) is 0 Å². The molecule has 0 bridgehead atoms. The fourth-order valence-corrected chi connectivity index (χ4v) is 3.43. The monoisotopic (exact) mass is 442 g/mol. The lowest BCUT2D eigenvalue weighted by Gasteiger charge is -2.17. The van der Waals surface area contributed by atoms with Crippen molar-refractivity contribution < 1.29 is 21.1 Å². The van der Waals surface area contributed by atoms with Gasteiger partial charge in [-0.2, -0.15) is 0 Å². The Morgan fingerprint density at radius 2 is 1.12 bits per heavy atom. The van der Waals surface area contributed by atoms with Crippen LogP contribution in [0.1, 0.15) is 28.8 Å². The Morgan fingerprint density at radius 1 is 0.697 bits per heavy atom. The zero-order chi connectivity index (χ0) is 22.8. The van der Waals surface area contributed by atoms with E-state index in [1.807, 2.05) is 103 Å². The van der Waals surface area contributed by atoms with E-state index in [0.717, 1.165) is 22.3 Å². The summed E-state index contributed by atoms with van der Waals surface area (Å²) >= 11 is 0. The molecule has 0 heterocycles. The van der Waals surface area contributed by atoms with E-state index in [4.69, 9.17) is 5.73 Å².